The van der Waals surface area contributed by atoms with Crippen LogP contribution in [0.5, 0.6) is 5.75 Å². The van der Waals surface area contributed by atoms with Crippen LogP contribution >= 0.6 is 0 Å². The van der Waals surface area contributed by atoms with Gasteiger partial charge in [0.05, 0.1) is 6.04 Å². The standard InChI is InChI=1S/C14H17F3N6O2/c1-7-10(25-6-24)12(23(22-7)8-3-2-4-8)21-13-19-5-9(11(18)20-13)14(15,16)17/h5,8,24H,2-4,6H2,1H3,(H3,18,19,20,21). The summed E-state index contributed by atoms with van der Waals surface area (Å²) in [4.78, 5) is 7.34. The molecule has 0 saturated heterocycles. The van der Waals surface area contributed by atoms with Crippen LogP contribution in [0, 0.1) is 6.92 Å². The van der Waals surface area contributed by atoms with Gasteiger partial charge < -0.3 is 20.9 Å². The number of hydrogen-bond donors (Lipinski definition) is 3. The Morgan fingerprint density at radius 1 is 1.44 bits per heavy atom. The number of halogens is 3. The molecule has 0 aromatic carbocycles. The van der Waals surface area contributed by atoms with E-state index >= 15 is 0 Å². The molecule has 2 heterocycles. The molecule has 25 heavy (non-hydrogen) atoms. The summed E-state index contributed by atoms with van der Waals surface area (Å²) in [6, 6.07) is 0.143. The summed E-state index contributed by atoms with van der Waals surface area (Å²) in [5, 5.41) is 16.2. The second-order valence-electron chi connectivity index (χ2n) is 5.68. The van der Waals surface area contributed by atoms with Crippen LogP contribution in [0.1, 0.15) is 36.6 Å². The summed E-state index contributed by atoms with van der Waals surface area (Å²) in [7, 11) is 0. The van der Waals surface area contributed by atoms with E-state index in [4.69, 9.17) is 15.6 Å². The first kappa shape index (κ1) is 17.3. The average Bonchev–Trinajstić information content (AvgIpc) is 2.73. The zero-order valence-corrected chi connectivity index (χ0v) is 13.3. The number of alkyl halides is 3. The number of nitrogens with one attached hydrogen (secondary N) is 1. The van der Waals surface area contributed by atoms with E-state index in [9.17, 15) is 13.2 Å². The largest absolute Gasteiger partial charge is 0.462 e. The Morgan fingerprint density at radius 2 is 2.16 bits per heavy atom. The highest BCUT2D eigenvalue weighted by atomic mass is 19.4. The highest BCUT2D eigenvalue weighted by molar-refractivity contribution is 5.61. The minimum Gasteiger partial charge on any atom is -0.462 e. The van der Waals surface area contributed by atoms with Gasteiger partial charge in [-0.2, -0.15) is 23.3 Å². The Labute approximate surface area is 140 Å². The zero-order chi connectivity index (χ0) is 18.2. The molecule has 0 amide bonds. The summed E-state index contributed by atoms with van der Waals surface area (Å²) in [5.74, 6) is -0.137. The lowest BCUT2D eigenvalue weighted by molar-refractivity contribution is -0.137. The van der Waals surface area contributed by atoms with Gasteiger partial charge in [-0.15, -0.1) is 0 Å². The molecular weight excluding hydrogens is 341 g/mol. The third-order valence-electron chi connectivity index (χ3n) is 4.01. The van der Waals surface area contributed by atoms with Crippen LogP contribution in [0.2, 0.25) is 0 Å². The number of aliphatic hydroxyl groups excluding tert-OH is 1. The van der Waals surface area contributed by atoms with Crippen LogP contribution in [0.4, 0.5) is 30.8 Å². The molecule has 2 aromatic rings. The molecule has 8 nitrogen and oxygen atoms in total. The number of rotatable bonds is 5. The molecule has 0 atom stereocenters. The van der Waals surface area contributed by atoms with E-state index in [0.717, 1.165) is 19.3 Å². The predicted molar refractivity (Wildman–Crippen MR) is 82.3 cm³/mol. The van der Waals surface area contributed by atoms with Gasteiger partial charge in [0, 0.05) is 6.20 Å². The molecule has 0 unspecified atom stereocenters. The summed E-state index contributed by atoms with van der Waals surface area (Å²) < 4.78 is 45.1. The number of aromatic nitrogens is 4. The van der Waals surface area contributed by atoms with Gasteiger partial charge in [0.2, 0.25) is 5.95 Å². The Hall–Kier alpha value is -2.56. The molecule has 0 aliphatic heterocycles. The lowest BCUT2D eigenvalue weighted by atomic mass is 9.93. The lowest BCUT2D eigenvalue weighted by Gasteiger charge is -2.27. The van der Waals surface area contributed by atoms with Gasteiger partial charge in [-0.25, -0.2) is 9.67 Å². The van der Waals surface area contributed by atoms with Crippen molar-refractivity contribution in [2.75, 3.05) is 17.8 Å². The molecule has 11 heteroatoms. The Bertz CT molecular complexity index is 773. The van der Waals surface area contributed by atoms with E-state index in [1.165, 1.54) is 0 Å². The number of ether oxygens (including phenoxy) is 1. The second kappa shape index (κ2) is 6.39. The average molecular weight is 358 g/mol. The van der Waals surface area contributed by atoms with Crippen molar-refractivity contribution in [2.24, 2.45) is 0 Å². The minimum absolute atomic E-state index is 0.117. The van der Waals surface area contributed by atoms with E-state index < -0.39 is 24.4 Å². The van der Waals surface area contributed by atoms with Gasteiger partial charge in [0.15, 0.2) is 18.4 Å². The maximum atomic E-state index is 12.8. The molecular formula is C14H17F3N6O2. The van der Waals surface area contributed by atoms with Gasteiger partial charge in [-0.05, 0) is 26.2 Å². The van der Waals surface area contributed by atoms with E-state index in [2.05, 4.69) is 20.4 Å². The van der Waals surface area contributed by atoms with Gasteiger partial charge in [-0.1, -0.05) is 0 Å². The molecule has 1 aliphatic carbocycles. The van der Waals surface area contributed by atoms with Gasteiger partial charge >= 0.3 is 6.18 Å². The van der Waals surface area contributed by atoms with E-state index in [1.807, 2.05) is 0 Å². The molecule has 1 saturated carbocycles. The smallest absolute Gasteiger partial charge is 0.421 e. The van der Waals surface area contributed by atoms with Crippen LogP contribution < -0.4 is 15.8 Å². The first-order chi connectivity index (χ1) is 11.8. The highest BCUT2D eigenvalue weighted by Gasteiger charge is 2.34. The van der Waals surface area contributed by atoms with Crippen LogP contribution in [-0.2, 0) is 6.18 Å². The molecule has 0 spiro atoms. The number of aliphatic hydroxyl groups is 1. The van der Waals surface area contributed by atoms with E-state index in [0.29, 0.717) is 17.7 Å². The first-order valence-electron chi connectivity index (χ1n) is 7.60. The van der Waals surface area contributed by atoms with Gasteiger partial charge in [0.25, 0.3) is 0 Å². The molecule has 0 bridgehead atoms. The number of anilines is 3. The monoisotopic (exact) mass is 358 g/mol. The maximum Gasteiger partial charge on any atom is 0.421 e. The van der Waals surface area contributed by atoms with Crippen LogP contribution in [0.3, 0.4) is 0 Å². The molecule has 1 aliphatic rings. The lowest BCUT2D eigenvalue weighted by Crippen LogP contribution is -2.20. The van der Waals surface area contributed by atoms with Crippen LogP contribution in [0.15, 0.2) is 6.20 Å². The van der Waals surface area contributed by atoms with E-state index in [-0.39, 0.29) is 17.7 Å². The molecule has 136 valence electrons. The molecule has 2 aromatic heterocycles. The van der Waals surface area contributed by atoms with Crippen molar-refractivity contribution >= 4 is 17.6 Å². The second-order valence-corrected chi connectivity index (χ2v) is 5.68. The SMILES string of the molecule is Cc1nn(C2CCC2)c(Nc2ncc(C(F)(F)F)c(N)n2)c1OCO. The summed E-state index contributed by atoms with van der Waals surface area (Å²) in [5.41, 5.74) is 4.82. The fourth-order valence-electron chi connectivity index (χ4n) is 2.56. The predicted octanol–water partition coefficient (Wildman–Crippen LogP) is 2.38. The fourth-order valence-corrected chi connectivity index (χ4v) is 2.56. The summed E-state index contributed by atoms with van der Waals surface area (Å²) in [6.07, 6.45) is -1.11. The fraction of sp³-hybridized carbons (Fsp3) is 0.500. The number of aryl methyl sites for hydroxylation is 1. The number of hydrogen-bond acceptors (Lipinski definition) is 7. The van der Waals surface area contributed by atoms with Crippen molar-refractivity contribution in [1.82, 2.24) is 19.7 Å². The quantitative estimate of drug-likeness (QED) is 0.704. The van der Waals surface area contributed by atoms with Crippen molar-refractivity contribution in [2.45, 2.75) is 38.4 Å². The summed E-state index contributed by atoms with van der Waals surface area (Å²) >= 11 is 0. The van der Waals surface area contributed by atoms with Crippen molar-refractivity contribution in [3.63, 3.8) is 0 Å². The molecule has 0 radical (unpaired) electrons. The number of nitrogens with zero attached hydrogens (tertiary/aromatic N) is 4. The van der Waals surface area contributed by atoms with Gasteiger partial charge in [-0.3, -0.25) is 0 Å². The Morgan fingerprint density at radius 3 is 2.68 bits per heavy atom. The van der Waals surface area contributed by atoms with Crippen LogP contribution in [0.25, 0.3) is 0 Å². The first-order valence-corrected chi connectivity index (χ1v) is 7.60. The molecule has 3 rings (SSSR count). The number of nitrogens with two attached hydrogens (primary N) is 1. The normalized spacial score (nSPS) is 15.1. The van der Waals surface area contributed by atoms with Gasteiger partial charge in [0.1, 0.15) is 17.1 Å². The Balaban J connectivity index is 1.95. The topological polar surface area (TPSA) is 111 Å². The van der Waals surface area contributed by atoms with Crippen LogP contribution in [-0.4, -0.2) is 31.6 Å². The Kier molecular flexibility index (Phi) is 4.41. The molecule has 4 N–H and O–H groups in total. The van der Waals surface area contributed by atoms with E-state index in [1.54, 1.807) is 11.6 Å². The zero-order valence-electron chi connectivity index (χ0n) is 13.3. The third kappa shape index (κ3) is 3.31. The van der Waals surface area contributed by atoms with Crippen molar-refractivity contribution in [3.8, 4) is 5.75 Å². The minimum atomic E-state index is -4.63. The number of nitrogen functional groups attached to an aromatic ring is 1. The summed E-state index contributed by atoms with van der Waals surface area (Å²) in [6.45, 7) is 1.13. The molecule has 1 fully saturated rings. The maximum absolute atomic E-state index is 12.8. The van der Waals surface area contributed by atoms with Crippen molar-refractivity contribution in [3.05, 3.63) is 17.5 Å². The van der Waals surface area contributed by atoms with Crippen molar-refractivity contribution in [1.29, 1.82) is 0 Å². The van der Waals surface area contributed by atoms with Crippen molar-refractivity contribution < 1.29 is 23.0 Å². The highest BCUT2D eigenvalue weighted by Crippen LogP contribution is 2.40. The third-order valence-corrected chi connectivity index (χ3v) is 4.01.